The van der Waals surface area contributed by atoms with Gasteiger partial charge in [-0.2, -0.15) is 0 Å². The summed E-state index contributed by atoms with van der Waals surface area (Å²) >= 11 is 0. The maximum atomic E-state index is 11.9. The van der Waals surface area contributed by atoms with Crippen molar-refractivity contribution in [2.75, 3.05) is 6.54 Å². The van der Waals surface area contributed by atoms with E-state index in [4.69, 9.17) is 18.9 Å². The maximum absolute atomic E-state index is 11.9. The second-order valence-electron chi connectivity index (χ2n) is 6.14. The third kappa shape index (κ3) is 1.54. The molecule has 6 atom stereocenters. The standard InChI is InChI=1S/C13H19NO5/c1-4-6-10(15)14-5-7-8(17-11(6)14)9-12(16-7)19-13(2,3)18-9/h6-9,11-12H,4-5H2,1-3H3/t6-,7-,8+,9-,11-,12-/m1/s1. The second-order valence-corrected chi connectivity index (χ2v) is 6.14. The number of rotatable bonds is 1. The van der Waals surface area contributed by atoms with Gasteiger partial charge in [-0.1, -0.05) is 6.92 Å². The quantitative estimate of drug-likeness (QED) is 0.647. The van der Waals surface area contributed by atoms with Gasteiger partial charge >= 0.3 is 0 Å². The van der Waals surface area contributed by atoms with Crippen LogP contribution < -0.4 is 0 Å². The van der Waals surface area contributed by atoms with E-state index in [1.54, 1.807) is 4.90 Å². The number of β-lactam (4-membered cyclic amide) rings is 1. The highest BCUT2D eigenvalue weighted by Crippen LogP contribution is 2.45. The highest BCUT2D eigenvalue weighted by atomic mass is 16.8. The predicted molar refractivity (Wildman–Crippen MR) is 62.9 cm³/mol. The molecule has 4 aliphatic rings. The van der Waals surface area contributed by atoms with Gasteiger partial charge in [0.05, 0.1) is 12.5 Å². The van der Waals surface area contributed by atoms with Crippen molar-refractivity contribution in [2.24, 2.45) is 5.92 Å². The Balaban J connectivity index is 1.53. The molecule has 19 heavy (non-hydrogen) atoms. The summed E-state index contributed by atoms with van der Waals surface area (Å²) in [5.74, 6) is -0.454. The molecule has 6 nitrogen and oxygen atoms in total. The Labute approximate surface area is 111 Å². The SMILES string of the molecule is CC[C@@H]1C(=O)N2C[C@H]3O[C@@H]4OC(C)(C)O[C@@H]4[C@H]3O[C@H]12. The van der Waals surface area contributed by atoms with Crippen LogP contribution in [0.1, 0.15) is 27.2 Å². The van der Waals surface area contributed by atoms with Gasteiger partial charge in [-0.15, -0.1) is 0 Å². The first-order chi connectivity index (χ1) is 9.00. The molecule has 4 fully saturated rings. The lowest BCUT2D eigenvalue weighted by molar-refractivity contribution is -0.272. The van der Waals surface area contributed by atoms with Gasteiger partial charge in [-0.25, -0.2) is 0 Å². The zero-order chi connectivity index (χ0) is 13.4. The topological polar surface area (TPSA) is 57.2 Å². The number of ether oxygens (including phenoxy) is 4. The molecule has 1 amide bonds. The van der Waals surface area contributed by atoms with E-state index in [9.17, 15) is 4.79 Å². The lowest BCUT2D eigenvalue weighted by Gasteiger charge is -2.52. The summed E-state index contributed by atoms with van der Waals surface area (Å²) in [6.45, 7) is 6.35. The van der Waals surface area contributed by atoms with Gasteiger partial charge in [-0.05, 0) is 20.3 Å². The number of amides is 1. The van der Waals surface area contributed by atoms with E-state index >= 15 is 0 Å². The van der Waals surface area contributed by atoms with E-state index in [0.717, 1.165) is 6.42 Å². The highest BCUT2D eigenvalue weighted by molar-refractivity contribution is 5.85. The first kappa shape index (κ1) is 12.1. The Hall–Kier alpha value is -0.690. The lowest BCUT2D eigenvalue weighted by atomic mass is 9.89. The first-order valence-corrected chi connectivity index (χ1v) is 6.97. The fourth-order valence-electron chi connectivity index (χ4n) is 3.55. The van der Waals surface area contributed by atoms with Crippen molar-refractivity contribution in [3.8, 4) is 0 Å². The molecule has 0 aromatic heterocycles. The molecule has 4 rings (SSSR count). The Bertz CT molecular complexity index is 425. The number of fused-ring (bicyclic) bond motifs is 4. The fourth-order valence-corrected chi connectivity index (χ4v) is 3.55. The van der Waals surface area contributed by atoms with Crippen molar-refractivity contribution < 1.29 is 23.7 Å². The highest BCUT2D eigenvalue weighted by Gasteiger charge is 2.62. The molecule has 4 heterocycles. The van der Waals surface area contributed by atoms with E-state index in [-0.39, 0.29) is 42.7 Å². The van der Waals surface area contributed by atoms with Crippen LogP contribution in [0.3, 0.4) is 0 Å². The Morgan fingerprint density at radius 3 is 2.79 bits per heavy atom. The molecule has 0 saturated carbocycles. The molecule has 4 saturated heterocycles. The van der Waals surface area contributed by atoms with Gasteiger partial charge in [0.2, 0.25) is 5.91 Å². The molecule has 0 radical (unpaired) electrons. The molecule has 0 spiro atoms. The van der Waals surface area contributed by atoms with Crippen molar-refractivity contribution in [1.29, 1.82) is 0 Å². The van der Waals surface area contributed by atoms with Gasteiger partial charge in [0, 0.05) is 0 Å². The molecular weight excluding hydrogens is 250 g/mol. The van der Waals surface area contributed by atoms with Gasteiger partial charge in [-0.3, -0.25) is 4.79 Å². The minimum Gasteiger partial charge on any atom is -0.348 e. The summed E-state index contributed by atoms with van der Waals surface area (Å²) < 4.78 is 23.5. The van der Waals surface area contributed by atoms with E-state index < -0.39 is 5.79 Å². The van der Waals surface area contributed by atoms with E-state index in [0.29, 0.717) is 6.54 Å². The van der Waals surface area contributed by atoms with Crippen molar-refractivity contribution in [1.82, 2.24) is 4.90 Å². The second kappa shape index (κ2) is 3.69. The van der Waals surface area contributed by atoms with Gasteiger partial charge in [0.25, 0.3) is 0 Å². The molecule has 106 valence electrons. The zero-order valence-corrected chi connectivity index (χ0v) is 11.4. The maximum Gasteiger partial charge on any atom is 0.232 e. The summed E-state index contributed by atoms with van der Waals surface area (Å²) in [5.41, 5.74) is 0. The normalized spacial score (nSPS) is 50.5. The summed E-state index contributed by atoms with van der Waals surface area (Å²) in [7, 11) is 0. The fraction of sp³-hybridized carbons (Fsp3) is 0.923. The van der Waals surface area contributed by atoms with Crippen molar-refractivity contribution >= 4 is 5.91 Å². The van der Waals surface area contributed by atoms with Crippen LogP contribution in [0.5, 0.6) is 0 Å². The molecular formula is C13H19NO5. The average Bonchev–Trinajstić information content (AvgIpc) is 2.80. The Morgan fingerprint density at radius 2 is 2.05 bits per heavy atom. The number of carbonyl (C=O) groups is 1. The van der Waals surface area contributed by atoms with E-state index in [1.165, 1.54) is 0 Å². The Kier molecular flexibility index (Phi) is 2.35. The Morgan fingerprint density at radius 1 is 1.26 bits per heavy atom. The molecule has 0 N–H and O–H groups in total. The molecule has 0 aliphatic carbocycles. The zero-order valence-electron chi connectivity index (χ0n) is 11.4. The van der Waals surface area contributed by atoms with Crippen LogP contribution in [0.25, 0.3) is 0 Å². The number of hydrogen-bond acceptors (Lipinski definition) is 5. The minimum absolute atomic E-state index is 0.00432. The first-order valence-electron chi connectivity index (χ1n) is 6.97. The summed E-state index contributed by atoms with van der Waals surface area (Å²) in [6, 6.07) is 0. The van der Waals surface area contributed by atoms with Gasteiger partial charge in [0.15, 0.2) is 12.1 Å². The van der Waals surface area contributed by atoms with Crippen LogP contribution in [-0.4, -0.2) is 54.0 Å². The van der Waals surface area contributed by atoms with Crippen LogP contribution in [0.2, 0.25) is 0 Å². The summed E-state index contributed by atoms with van der Waals surface area (Å²) in [6.07, 6.45) is -0.114. The third-order valence-electron chi connectivity index (χ3n) is 4.45. The monoisotopic (exact) mass is 269 g/mol. The smallest absolute Gasteiger partial charge is 0.232 e. The molecule has 0 aromatic rings. The summed E-state index contributed by atoms with van der Waals surface area (Å²) in [4.78, 5) is 13.7. The minimum atomic E-state index is -0.625. The van der Waals surface area contributed by atoms with E-state index in [1.807, 2.05) is 20.8 Å². The lowest BCUT2D eigenvalue weighted by Crippen LogP contribution is -2.69. The average molecular weight is 269 g/mol. The molecule has 4 aliphatic heterocycles. The van der Waals surface area contributed by atoms with E-state index in [2.05, 4.69) is 0 Å². The number of carbonyl (C=O) groups excluding carboxylic acids is 1. The van der Waals surface area contributed by atoms with Crippen LogP contribution in [0.15, 0.2) is 0 Å². The predicted octanol–water partition coefficient (Wildman–Crippen LogP) is 0.456. The van der Waals surface area contributed by atoms with Gasteiger partial charge < -0.3 is 23.8 Å². The number of hydrogen-bond donors (Lipinski definition) is 0. The van der Waals surface area contributed by atoms with Crippen LogP contribution in [0.4, 0.5) is 0 Å². The number of nitrogens with zero attached hydrogens (tertiary/aromatic N) is 1. The van der Waals surface area contributed by atoms with Crippen molar-refractivity contribution in [3.05, 3.63) is 0 Å². The third-order valence-corrected chi connectivity index (χ3v) is 4.45. The van der Waals surface area contributed by atoms with Crippen LogP contribution >= 0.6 is 0 Å². The van der Waals surface area contributed by atoms with Gasteiger partial charge in [0.1, 0.15) is 24.5 Å². The largest absolute Gasteiger partial charge is 0.348 e. The molecule has 0 unspecified atom stereocenters. The summed E-state index contributed by atoms with van der Waals surface area (Å²) in [5, 5.41) is 0. The van der Waals surface area contributed by atoms with Crippen LogP contribution in [0, 0.1) is 5.92 Å². The molecule has 6 heteroatoms. The van der Waals surface area contributed by atoms with Crippen LogP contribution in [-0.2, 0) is 23.7 Å². The van der Waals surface area contributed by atoms with Crippen molar-refractivity contribution in [3.63, 3.8) is 0 Å². The molecule has 0 aromatic carbocycles. The molecule has 0 bridgehead atoms. The van der Waals surface area contributed by atoms with Crippen molar-refractivity contribution in [2.45, 2.75) is 63.8 Å².